The molecule has 1 aliphatic carbocycles. The van der Waals surface area contributed by atoms with E-state index in [1.165, 1.54) is 32.8 Å². The Morgan fingerprint density at radius 1 is 1.09 bits per heavy atom. The second-order valence-electron chi connectivity index (χ2n) is 7.61. The van der Waals surface area contributed by atoms with Crippen LogP contribution in [-0.4, -0.2) is 5.25 Å². The molecule has 0 saturated heterocycles. The van der Waals surface area contributed by atoms with Crippen LogP contribution in [0, 0.1) is 12.0 Å². The third-order valence-corrected chi connectivity index (χ3v) is 5.65. The SMILES string of the molecule is CC1=C(c2ccc(C(C)(C)C)cc2)C2=CC(C(C)C)=[C]C2S1. The second kappa shape index (κ2) is 5.45. The molecule has 0 amide bonds. The van der Waals surface area contributed by atoms with Crippen molar-refractivity contribution in [2.24, 2.45) is 5.92 Å². The van der Waals surface area contributed by atoms with Crippen LogP contribution in [0.1, 0.15) is 52.7 Å². The molecule has 1 heterocycles. The van der Waals surface area contributed by atoms with Crippen LogP contribution in [0.4, 0.5) is 0 Å². The Hall–Kier alpha value is -1.21. The van der Waals surface area contributed by atoms with Crippen molar-refractivity contribution in [3.63, 3.8) is 0 Å². The number of fused-ring (bicyclic) bond motifs is 1. The van der Waals surface area contributed by atoms with Crippen molar-refractivity contribution in [2.75, 3.05) is 0 Å². The summed E-state index contributed by atoms with van der Waals surface area (Å²) in [4.78, 5) is 1.43. The molecular formula is C21H25S. The third-order valence-electron chi connectivity index (χ3n) is 4.49. The van der Waals surface area contributed by atoms with Gasteiger partial charge in [0.25, 0.3) is 0 Å². The van der Waals surface area contributed by atoms with Crippen LogP contribution in [0.2, 0.25) is 0 Å². The molecular weight excluding hydrogens is 284 g/mol. The van der Waals surface area contributed by atoms with Gasteiger partial charge in [0, 0.05) is 0 Å². The smallest absolute Gasteiger partial charge is 0.0603 e. The molecule has 1 aromatic rings. The molecule has 0 N–H and O–H groups in total. The molecule has 0 aromatic heterocycles. The molecule has 0 saturated carbocycles. The number of hydrogen-bond donors (Lipinski definition) is 0. The first-order chi connectivity index (χ1) is 10.3. The van der Waals surface area contributed by atoms with Crippen molar-refractivity contribution in [1.82, 2.24) is 0 Å². The van der Waals surface area contributed by atoms with Crippen LogP contribution >= 0.6 is 11.8 Å². The van der Waals surface area contributed by atoms with Gasteiger partial charge in [-0.3, -0.25) is 0 Å². The van der Waals surface area contributed by atoms with E-state index in [0.29, 0.717) is 11.2 Å². The van der Waals surface area contributed by atoms with Crippen LogP contribution < -0.4 is 0 Å². The van der Waals surface area contributed by atoms with E-state index in [4.69, 9.17) is 0 Å². The van der Waals surface area contributed by atoms with Crippen molar-refractivity contribution < 1.29 is 0 Å². The van der Waals surface area contributed by atoms with Crippen LogP contribution in [0.15, 0.2) is 46.4 Å². The van der Waals surface area contributed by atoms with Crippen LogP contribution in [0.25, 0.3) is 5.57 Å². The molecule has 22 heavy (non-hydrogen) atoms. The first-order valence-corrected chi connectivity index (χ1v) is 8.99. The predicted molar refractivity (Wildman–Crippen MR) is 98.8 cm³/mol. The lowest BCUT2D eigenvalue weighted by atomic mass is 9.85. The number of benzene rings is 1. The highest BCUT2D eigenvalue weighted by Crippen LogP contribution is 2.50. The summed E-state index contributed by atoms with van der Waals surface area (Å²) in [7, 11) is 0. The Bertz CT molecular complexity index is 676. The van der Waals surface area contributed by atoms with Crippen molar-refractivity contribution in [2.45, 2.75) is 52.2 Å². The van der Waals surface area contributed by atoms with E-state index in [-0.39, 0.29) is 5.41 Å². The minimum absolute atomic E-state index is 0.210. The van der Waals surface area contributed by atoms with Gasteiger partial charge >= 0.3 is 0 Å². The Morgan fingerprint density at radius 3 is 2.27 bits per heavy atom. The predicted octanol–water partition coefficient (Wildman–Crippen LogP) is 6.16. The molecule has 0 nitrogen and oxygen atoms in total. The Kier molecular flexibility index (Phi) is 3.89. The van der Waals surface area contributed by atoms with Crippen LogP contribution in [0.5, 0.6) is 0 Å². The summed E-state index contributed by atoms with van der Waals surface area (Å²) in [5.74, 6) is 0.559. The lowest BCUT2D eigenvalue weighted by Crippen LogP contribution is -2.10. The zero-order chi connectivity index (χ0) is 16.1. The summed E-state index contributed by atoms with van der Waals surface area (Å²) in [5.41, 5.74) is 7.20. The van der Waals surface area contributed by atoms with E-state index in [2.05, 4.69) is 78.0 Å². The van der Waals surface area contributed by atoms with E-state index < -0.39 is 0 Å². The number of rotatable bonds is 2. The molecule has 1 radical (unpaired) electrons. The zero-order valence-electron chi connectivity index (χ0n) is 14.4. The number of thioether (sulfide) groups is 1. The van der Waals surface area contributed by atoms with Crippen molar-refractivity contribution >= 4 is 17.3 Å². The van der Waals surface area contributed by atoms with Crippen molar-refractivity contribution in [3.8, 4) is 0 Å². The van der Waals surface area contributed by atoms with Gasteiger partial charge in [0.05, 0.1) is 5.25 Å². The fraction of sp³-hybridized carbons (Fsp3) is 0.429. The van der Waals surface area contributed by atoms with Gasteiger partial charge in [0.15, 0.2) is 0 Å². The number of hydrogen-bond acceptors (Lipinski definition) is 1. The van der Waals surface area contributed by atoms with Gasteiger partial charge in [-0.05, 0) is 57.1 Å². The largest absolute Gasteiger partial charge is 0.117 e. The van der Waals surface area contributed by atoms with Crippen molar-refractivity contribution in [1.29, 1.82) is 0 Å². The molecule has 1 atom stereocenters. The highest BCUT2D eigenvalue weighted by Gasteiger charge is 2.32. The standard InChI is InChI=1S/C21H25S/c1-13(2)16-11-18-19(12-16)22-14(3)20(18)15-7-9-17(10-8-15)21(4,5)6/h7-11,13,19H,1-6H3. The Morgan fingerprint density at radius 2 is 1.73 bits per heavy atom. The van der Waals surface area contributed by atoms with Gasteiger partial charge < -0.3 is 0 Å². The maximum Gasteiger partial charge on any atom is 0.0603 e. The van der Waals surface area contributed by atoms with Gasteiger partial charge in [-0.2, -0.15) is 0 Å². The summed E-state index contributed by atoms with van der Waals surface area (Å²) >= 11 is 1.95. The van der Waals surface area contributed by atoms with Crippen LogP contribution in [-0.2, 0) is 5.41 Å². The highest BCUT2D eigenvalue weighted by molar-refractivity contribution is 8.04. The van der Waals surface area contributed by atoms with Crippen LogP contribution in [0.3, 0.4) is 0 Å². The molecule has 0 spiro atoms. The fourth-order valence-corrected chi connectivity index (χ4v) is 4.30. The quantitative estimate of drug-likeness (QED) is 0.631. The van der Waals surface area contributed by atoms with Gasteiger partial charge in [-0.15, -0.1) is 11.8 Å². The summed E-state index contributed by atoms with van der Waals surface area (Å²) in [6.07, 6.45) is 6.03. The van der Waals surface area contributed by atoms with E-state index in [9.17, 15) is 0 Å². The minimum Gasteiger partial charge on any atom is -0.117 e. The maximum absolute atomic E-state index is 3.66. The normalized spacial score (nSPS) is 21.3. The average Bonchev–Trinajstić information content (AvgIpc) is 2.94. The third kappa shape index (κ3) is 2.72. The second-order valence-corrected chi connectivity index (χ2v) is 8.93. The van der Waals surface area contributed by atoms with E-state index in [0.717, 1.165) is 0 Å². The maximum atomic E-state index is 3.66. The summed E-state index contributed by atoms with van der Waals surface area (Å²) in [6.45, 7) is 13.5. The average molecular weight is 309 g/mol. The van der Waals surface area contributed by atoms with Gasteiger partial charge in [0.1, 0.15) is 0 Å². The van der Waals surface area contributed by atoms with Gasteiger partial charge in [-0.1, -0.05) is 65.0 Å². The Labute approximate surface area is 139 Å². The molecule has 1 heteroatoms. The number of allylic oxidation sites excluding steroid dienone is 4. The molecule has 3 rings (SSSR count). The van der Waals surface area contributed by atoms with Gasteiger partial charge in [-0.25, -0.2) is 0 Å². The first kappa shape index (κ1) is 15.7. The molecule has 1 unspecified atom stereocenters. The summed E-state index contributed by atoms with van der Waals surface area (Å²) < 4.78 is 0. The molecule has 0 fully saturated rings. The topological polar surface area (TPSA) is 0 Å². The van der Waals surface area contributed by atoms with E-state index >= 15 is 0 Å². The first-order valence-electron chi connectivity index (χ1n) is 8.11. The highest BCUT2D eigenvalue weighted by atomic mass is 32.2. The van der Waals surface area contributed by atoms with E-state index in [1.54, 1.807) is 0 Å². The lowest BCUT2D eigenvalue weighted by molar-refractivity contribution is 0.590. The monoisotopic (exact) mass is 309 g/mol. The minimum atomic E-state index is 0.210. The summed E-state index contributed by atoms with van der Waals surface area (Å²) in [5, 5.41) is 0.412. The van der Waals surface area contributed by atoms with Gasteiger partial charge in [0.2, 0.25) is 0 Å². The van der Waals surface area contributed by atoms with E-state index in [1.807, 2.05) is 11.8 Å². The summed E-state index contributed by atoms with van der Waals surface area (Å²) in [6, 6.07) is 9.14. The molecule has 115 valence electrons. The molecule has 1 aromatic carbocycles. The lowest BCUT2D eigenvalue weighted by Gasteiger charge is -2.19. The molecule has 0 bridgehead atoms. The Balaban J connectivity index is 1.95. The fourth-order valence-electron chi connectivity index (χ4n) is 3.09. The molecule has 2 aliphatic rings. The molecule has 1 aliphatic heterocycles. The van der Waals surface area contributed by atoms with Crippen molar-refractivity contribution in [3.05, 3.63) is 63.6 Å². The zero-order valence-corrected chi connectivity index (χ0v) is 15.3.